The molecule has 0 aliphatic heterocycles. The fraction of sp³-hybridized carbons (Fsp3) is 0.714. The summed E-state index contributed by atoms with van der Waals surface area (Å²) in [5.41, 5.74) is 4.17. The molecule has 0 aliphatic rings. The van der Waals surface area contributed by atoms with Crippen molar-refractivity contribution in [3.63, 3.8) is 0 Å². The zero-order chi connectivity index (χ0) is 17.3. The third kappa shape index (κ3) is 6.85. The van der Waals surface area contributed by atoms with E-state index in [9.17, 15) is 5.11 Å². The molecule has 1 N–H and O–H groups in total. The Labute approximate surface area is 138 Å². The molecule has 22 heavy (non-hydrogen) atoms. The third-order valence-electron chi connectivity index (χ3n) is 3.50. The van der Waals surface area contributed by atoms with Crippen molar-refractivity contribution in [1.82, 2.24) is 0 Å². The Morgan fingerprint density at radius 2 is 0.955 bits per heavy atom. The van der Waals surface area contributed by atoms with Crippen LogP contribution in [0.5, 0.6) is 5.75 Å². The molecule has 0 radical (unpaired) electrons. The zero-order valence-corrected chi connectivity index (χ0v) is 16.2. The van der Waals surface area contributed by atoms with E-state index in [4.69, 9.17) is 0 Å². The molecule has 1 aromatic carbocycles. The van der Waals surface area contributed by atoms with Gasteiger partial charge in [-0.1, -0.05) is 74.4 Å². The number of aromatic hydroxyl groups is 1. The summed E-state index contributed by atoms with van der Waals surface area (Å²) < 4.78 is 0. The van der Waals surface area contributed by atoms with Gasteiger partial charge < -0.3 is 5.11 Å². The maximum atomic E-state index is 10.7. The van der Waals surface area contributed by atoms with Crippen LogP contribution in [0.15, 0.2) is 12.1 Å². The first-order valence-corrected chi connectivity index (χ1v) is 8.50. The number of hydrogen-bond donors (Lipinski definition) is 1. The van der Waals surface area contributed by atoms with Crippen molar-refractivity contribution in [3.8, 4) is 5.75 Å². The average Bonchev–Trinajstić information content (AvgIpc) is 2.18. The fourth-order valence-corrected chi connectivity index (χ4v) is 2.96. The van der Waals surface area contributed by atoms with Crippen LogP contribution in [0.1, 0.15) is 79.0 Å². The summed E-state index contributed by atoms with van der Waals surface area (Å²) in [6.07, 6.45) is 2.86. The first-order valence-electron chi connectivity index (χ1n) is 8.50. The molecular formula is C21H36O. The van der Waals surface area contributed by atoms with Crippen LogP contribution in [-0.2, 0) is 19.3 Å². The van der Waals surface area contributed by atoms with Crippen LogP contribution in [-0.4, -0.2) is 5.11 Å². The minimum atomic E-state index is 0.177. The lowest BCUT2D eigenvalue weighted by atomic mass is 9.80. The van der Waals surface area contributed by atoms with Crippen LogP contribution in [0.2, 0.25) is 0 Å². The molecule has 0 saturated heterocycles. The molecule has 0 unspecified atom stereocenters. The first kappa shape index (κ1) is 19.1. The largest absolute Gasteiger partial charge is 0.507 e. The summed E-state index contributed by atoms with van der Waals surface area (Å²) in [6.45, 7) is 20.2. The van der Waals surface area contributed by atoms with Gasteiger partial charge in [0.15, 0.2) is 0 Å². The standard InChI is InChI=1S/C21H36O/c1-19(2,3)12-15-10-16(13-20(4,5)6)18(22)17(11-15)14-21(7,8)9/h10-11,22H,12-14H2,1-9H3. The molecule has 0 fully saturated rings. The van der Waals surface area contributed by atoms with E-state index in [1.54, 1.807) is 0 Å². The molecule has 0 saturated carbocycles. The summed E-state index contributed by atoms with van der Waals surface area (Å²) in [5.74, 6) is 0.516. The van der Waals surface area contributed by atoms with Gasteiger partial charge in [-0.15, -0.1) is 0 Å². The summed E-state index contributed by atoms with van der Waals surface area (Å²) in [4.78, 5) is 0. The fourth-order valence-electron chi connectivity index (χ4n) is 2.96. The lowest BCUT2D eigenvalue weighted by molar-refractivity contribution is 0.375. The minimum Gasteiger partial charge on any atom is -0.507 e. The Morgan fingerprint density at radius 3 is 1.23 bits per heavy atom. The highest BCUT2D eigenvalue weighted by Gasteiger charge is 2.22. The Morgan fingerprint density at radius 1 is 0.636 bits per heavy atom. The quantitative estimate of drug-likeness (QED) is 0.709. The number of phenols is 1. The summed E-state index contributed by atoms with van der Waals surface area (Å²) in [5, 5.41) is 10.7. The predicted molar refractivity (Wildman–Crippen MR) is 97.6 cm³/mol. The van der Waals surface area contributed by atoms with Gasteiger partial charge in [0.05, 0.1) is 0 Å². The molecule has 1 nitrogen and oxygen atoms in total. The van der Waals surface area contributed by atoms with Crippen molar-refractivity contribution in [2.24, 2.45) is 16.2 Å². The van der Waals surface area contributed by atoms with E-state index in [-0.39, 0.29) is 16.2 Å². The van der Waals surface area contributed by atoms with Crippen LogP contribution < -0.4 is 0 Å². The van der Waals surface area contributed by atoms with E-state index < -0.39 is 0 Å². The first-order chi connectivity index (χ1) is 9.66. The molecule has 0 aliphatic carbocycles. The van der Waals surface area contributed by atoms with Crippen LogP contribution in [0, 0.1) is 16.2 Å². The van der Waals surface area contributed by atoms with Gasteiger partial charge in [-0.2, -0.15) is 0 Å². The molecule has 0 amide bonds. The number of benzene rings is 1. The monoisotopic (exact) mass is 304 g/mol. The normalized spacial score (nSPS) is 13.5. The highest BCUT2D eigenvalue weighted by atomic mass is 16.3. The molecule has 1 rings (SSSR count). The Kier molecular flexibility index (Phi) is 5.42. The van der Waals surface area contributed by atoms with Crippen LogP contribution in [0.25, 0.3) is 0 Å². The molecule has 126 valence electrons. The maximum absolute atomic E-state index is 10.7. The van der Waals surface area contributed by atoms with Crippen molar-refractivity contribution < 1.29 is 5.11 Å². The molecule has 1 aromatic rings. The SMILES string of the molecule is CC(C)(C)Cc1cc(CC(C)(C)C)c(O)c(CC(C)(C)C)c1. The van der Waals surface area contributed by atoms with Gasteiger partial charge in [0.1, 0.15) is 5.75 Å². The summed E-state index contributed by atoms with van der Waals surface area (Å²) in [7, 11) is 0. The number of hydrogen-bond acceptors (Lipinski definition) is 1. The molecule has 0 heterocycles. The zero-order valence-electron chi connectivity index (χ0n) is 16.2. The second-order valence-corrected chi connectivity index (χ2v) is 10.5. The van der Waals surface area contributed by atoms with Crippen LogP contribution in [0.3, 0.4) is 0 Å². The van der Waals surface area contributed by atoms with Crippen molar-refractivity contribution in [2.75, 3.05) is 0 Å². The van der Waals surface area contributed by atoms with Crippen LogP contribution >= 0.6 is 0 Å². The van der Waals surface area contributed by atoms with Crippen molar-refractivity contribution in [2.45, 2.75) is 81.6 Å². The van der Waals surface area contributed by atoms with E-state index >= 15 is 0 Å². The Balaban J connectivity index is 3.30. The minimum absolute atomic E-state index is 0.177. The van der Waals surface area contributed by atoms with E-state index in [1.165, 1.54) is 5.56 Å². The van der Waals surface area contributed by atoms with Gasteiger partial charge in [0, 0.05) is 0 Å². The van der Waals surface area contributed by atoms with Gasteiger partial charge in [0.2, 0.25) is 0 Å². The van der Waals surface area contributed by atoms with Gasteiger partial charge in [-0.05, 0) is 52.2 Å². The molecule has 1 heteroatoms. The van der Waals surface area contributed by atoms with Crippen LogP contribution in [0.4, 0.5) is 0 Å². The Hall–Kier alpha value is -0.980. The maximum Gasteiger partial charge on any atom is 0.122 e. The van der Waals surface area contributed by atoms with Crippen molar-refractivity contribution in [1.29, 1.82) is 0 Å². The summed E-state index contributed by atoms with van der Waals surface area (Å²) in [6, 6.07) is 4.44. The number of phenolic OH excluding ortho intramolecular Hbond substituents is 1. The summed E-state index contributed by atoms with van der Waals surface area (Å²) >= 11 is 0. The van der Waals surface area contributed by atoms with E-state index in [0.717, 1.165) is 30.4 Å². The predicted octanol–water partition coefficient (Wildman–Crippen LogP) is 6.16. The molecule has 0 bridgehead atoms. The van der Waals surface area contributed by atoms with Crippen molar-refractivity contribution >= 4 is 0 Å². The van der Waals surface area contributed by atoms with E-state index in [1.807, 2.05) is 0 Å². The van der Waals surface area contributed by atoms with E-state index in [0.29, 0.717) is 5.75 Å². The van der Waals surface area contributed by atoms with Gasteiger partial charge in [-0.25, -0.2) is 0 Å². The molecule has 0 aromatic heterocycles. The third-order valence-corrected chi connectivity index (χ3v) is 3.50. The van der Waals surface area contributed by atoms with Gasteiger partial charge in [-0.3, -0.25) is 0 Å². The lowest BCUT2D eigenvalue weighted by Crippen LogP contribution is -2.15. The second-order valence-electron chi connectivity index (χ2n) is 10.5. The lowest BCUT2D eigenvalue weighted by Gasteiger charge is -2.25. The van der Waals surface area contributed by atoms with Gasteiger partial charge in [0.25, 0.3) is 0 Å². The second kappa shape index (κ2) is 6.26. The van der Waals surface area contributed by atoms with E-state index in [2.05, 4.69) is 74.4 Å². The smallest absolute Gasteiger partial charge is 0.122 e. The molecular weight excluding hydrogens is 268 g/mol. The average molecular weight is 305 g/mol. The molecule has 0 atom stereocenters. The van der Waals surface area contributed by atoms with Crippen molar-refractivity contribution in [3.05, 3.63) is 28.8 Å². The van der Waals surface area contributed by atoms with Gasteiger partial charge >= 0.3 is 0 Å². The highest BCUT2D eigenvalue weighted by molar-refractivity contribution is 5.45. The molecule has 0 spiro atoms. The highest BCUT2D eigenvalue weighted by Crippen LogP contribution is 2.35. The Bertz CT molecular complexity index is 467. The topological polar surface area (TPSA) is 20.2 Å². The number of rotatable bonds is 3.